The van der Waals surface area contributed by atoms with Crippen molar-refractivity contribution in [2.75, 3.05) is 13.1 Å². The highest BCUT2D eigenvalue weighted by Crippen LogP contribution is 2.40. The summed E-state index contributed by atoms with van der Waals surface area (Å²) in [5.41, 5.74) is 4.23. The van der Waals surface area contributed by atoms with Crippen LogP contribution in [0.2, 0.25) is 0 Å². The largest absolute Gasteiger partial charge is 0.343 e. The van der Waals surface area contributed by atoms with Crippen molar-refractivity contribution < 1.29 is 4.79 Å². The van der Waals surface area contributed by atoms with Crippen molar-refractivity contribution in [3.63, 3.8) is 0 Å². The molecule has 0 saturated carbocycles. The van der Waals surface area contributed by atoms with Crippen molar-refractivity contribution in [3.8, 4) is 0 Å². The van der Waals surface area contributed by atoms with Crippen molar-refractivity contribution in [2.24, 2.45) is 0 Å². The summed E-state index contributed by atoms with van der Waals surface area (Å²) >= 11 is 0. The van der Waals surface area contributed by atoms with Crippen molar-refractivity contribution in [2.45, 2.75) is 38.8 Å². The SMILES string of the molecule is CCn1c2c(c3ccccc31)CCN1CCC(=O)C[C@@H]21. The molecule has 3 heteroatoms. The Morgan fingerprint density at radius 1 is 1.20 bits per heavy atom. The highest BCUT2D eigenvalue weighted by molar-refractivity contribution is 5.87. The number of ketones is 1. The molecule has 2 aromatic rings. The van der Waals surface area contributed by atoms with Crippen molar-refractivity contribution >= 4 is 16.7 Å². The van der Waals surface area contributed by atoms with Crippen LogP contribution in [0.5, 0.6) is 0 Å². The van der Waals surface area contributed by atoms with Gasteiger partial charge >= 0.3 is 0 Å². The Morgan fingerprint density at radius 3 is 2.85 bits per heavy atom. The van der Waals surface area contributed by atoms with Gasteiger partial charge in [0.25, 0.3) is 0 Å². The van der Waals surface area contributed by atoms with E-state index in [2.05, 4.69) is 40.7 Å². The molecule has 104 valence electrons. The Labute approximate surface area is 119 Å². The lowest BCUT2D eigenvalue weighted by Crippen LogP contribution is -2.42. The lowest BCUT2D eigenvalue weighted by Gasteiger charge is -2.39. The number of benzene rings is 1. The molecule has 2 aliphatic rings. The molecule has 0 bridgehead atoms. The monoisotopic (exact) mass is 268 g/mol. The van der Waals surface area contributed by atoms with Gasteiger partial charge in [0, 0.05) is 49.1 Å². The topological polar surface area (TPSA) is 25.2 Å². The maximum absolute atomic E-state index is 11.9. The molecule has 20 heavy (non-hydrogen) atoms. The number of nitrogens with zero attached hydrogens (tertiary/aromatic N) is 2. The van der Waals surface area contributed by atoms with E-state index in [4.69, 9.17) is 0 Å². The van der Waals surface area contributed by atoms with Crippen LogP contribution in [0, 0.1) is 0 Å². The molecule has 4 rings (SSSR count). The number of carbonyl (C=O) groups is 1. The van der Waals surface area contributed by atoms with Gasteiger partial charge in [0.05, 0.1) is 6.04 Å². The predicted molar refractivity (Wildman–Crippen MR) is 79.9 cm³/mol. The quantitative estimate of drug-likeness (QED) is 0.794. The van der Waals surface area contributed by atoms with Crippen LogP contribution in [0.3, 0.4) is 0 Å². The van der Waals surface area contributed by atoms with Crippen LogP contribution in [0.4, 0.5) is 0 Å². The number of para-hydroxylation sites is 1. The van der Waals surface area contributed by atoms with Gasteiger partial charge in [0.2, 0.25) is 0 Å². The van der Waals surface area contributed by atoms with E-state index in [1.54, 1.807) is 0 Å². The third-order valence-corrected chi connectivity index (χ3v) is 4.94. The number of hydrogen-bond donors (Lipinski definition) is 0. The minimum absolute atomic E-state index is 0.312. The Balaban J connectivity index is 1.96. The molecular weight excluding hydrogens is 248 g/mol. The summed E-state index contributed by atoms with van der Waals surface area (Å²) in [6, 6.07) is 9.00. The Hall–Kier alpha value is -1.61. The average molecular weight is 268 g/mol. The molecule has 0 unspecified atom stereocenters. The van der Waals surface area contributed by atoms with Crippen LogP contribution in [0.15, 0.2) is 24.3 Å². The highest BCUT2D eigenvalue weighted by atomic mass is 16.1. The minimum Gasteiger partial charge on any atom is -0.343 e. The van der Waals surface area contributed by atoms with E-state index in [1.807, 2.05) is 0 Å². The zero-order valence-electron chi connectivity index (χ0n) is 11.9. The third-order valence-electron chi connectivity index (χ3n) is 4.94. The number of fused-ring (bicyclic) bond motifs is 5. The van der Waals surface area contributed by atoms with Crippen LogP contribution < -0.4 is 0 Å². The molecule has 0 aliphatic carbocycles. The third kappa shape index (κ3) is 1.59. The zero-order chi connectivity index (χ0) is 13.7. The van der Waals surface area contributed by atoms with Gasteiger partial charge in [-0.15, -0.1) is 0 Å². The molecule has 3 nitrogen and oxygen atoms in total. The van der Waals surface area contributed by atoms with Gasteiger partial charge in [-0.25, -0.2) is 0 Å². The summed E-state index contributed by atoms with van der Waals surface area (Å²) in [7, 11) is 0. The summed E-state index contributed by atoms with van der Waals surface area (Å²) < 4.78 is 2.43. The number of rotatable bonds is 1. The number of carbonyl (C=O) groups excluding carboxylic acids is 1. The Kier molecular flexibility index (Phi) is 2.71. The summed E-state index contributed by atoms with van der Waals surface area (Å²) in [6.07, 6.45) is 2.55. The van der Waals surface area contributed by atoms with E-state index in [0.717, 1.165) is 32.5 Å². The maximum atomic E-state index is 11.9. The predicted octanol–water partition coefficient (Wildman–Crippen LogP) is 2.92. The van der Waals surface area contributed by atoms with Gasteiger partial charge < -0.3 is 4.57 Å². The van der Waals surface area contributed by atoms with Crippen molar-refractivity contribution in [3.05, 3.63) is 35.5 Å². The fourth-order valence-electron chi connectivity index (χ4n) is 4.04. The molecule has 2 aliphatic heterocycles. The van der Waals surface area contributed by atoms with Gasteiger partial charge in [-0.05, 0) is 25.0 Å². The van der Waals surface area contributed by atoms with Gasteiger partial charge in [-0.2, -0.15) is 0 Å². The summed E-state index contributed by atoms with van der Waals surface area (Å²) in [6.45, 7) is 5.22. The fourth-order valence-corrected chi connectivity index (χ4v) is 4.04. The van der Waals surface area contributed by atoms with Gasteiger partial charge in [0.1, 0.15) is 5.78 Å². The Morgan fingerprint density at radius 2 is 2.00 bits per heavy atom. The number of piperidine rings is 1. The average Bonchev–Trinajstić information content (AvgIpc) is 2.81. The van der Waals surface area contributed by atoms with E-state index < -0.39 is 0 Å². The molecule has 0 spiro atoms. The molecule has 0 N–H and O–H groups in total. The molecule has 3 heterocycles. The lowest BCUT2D eigenvalue weighted by molar-refractivity contribution is -0.123. The van der Waals surface area contributed by atoms with E-state index in [0.29, 0.717) is 18.2 Å². The molecule has 1 atom stereocenters. The van der Waals surface area contributed by atoms with Gasteiger partial charge in [-0.3, -0.25) is 9.69 Å². The first-order valence-electron chi connectivity index (χ1n) is 7.65. The number of aryl methyl sites for hydroxylation is 1. The fraction of sp³-hybridized carbons (Fsp3) is 0.471. The first-order chi connectivity index (χ1) is 9.79. The molecule has 0 amide bonds. The molecule has 1 saturated heterocycles. The van der Waals surface area contributed by atoms with Crippen LogP contribution in [0.1, 0.15) is 37.1 Å². The number of aromatic nitrogens is 1. The molecular formula is C17H20N2O. The van der Waals surface area contributed by atoms with E-state index >= 15 is 0 Å². The first-order valence-corrected chi connectivity index (χ1v) is 7.65. The maximum Gasteiger partial charge on any atom is 0.136 e. The number of Topliss-reactive ketones (excluding diaryl/α,β-unsaturated/α-hetero) is 1. The van der Waals surface area contributed by atoms with Crippen molar-refractivity contribution in [1.82, 2.24) is 9.47 Å². The number of hydrogen-bond acceptors (Lipinski definition) is 2. The van der Waals surface area contributed by atoms with Crippen LogP contribution in [-0.2, 0) is 17.8 Å². The summed E-state index contributed by atoms with van der Waals surface area (Å²) in [5, 5.41) is 1.39. The van der Waals surface area contributed by atoms with Crippen LogP contribution >= 0.6 is 0 Å². The van der Waals surface area contributed by atoms with E-state index in [9.17, 15) is 4.79 Å². The zero-order valence-corrected chi connectivity index (χ0v) is 11.9. The lowest BCUT2D eigenvalue weighted by atomic mass is 9.90. The second-order valence-electron chi connectivity index (χ2n) is 5.92. The second kappa shape index (κ2) is 4.45. The molecule has 0 radical (unpaired) electrons. The van der Waals surface area contributed by atoms with Crippen LogP contribution in [0.25, 0.3) is 10.9 Å². The second-order valence-corrected chi connectivity index (χ2v) is 5.92. The van der Waals surface area contributed by atoms with Gasteiger partial charge in [-0.1, -0.05) is 18.2 Å². The molecule has 1 aromatic carbocycles. The van der Waals surface area contributed by atoms with Crippen molar-refractivity contribution in [1.29, 1.82) is 0 Å². The van der Waals surface area contributed by atoms with E-state index in [-0.39, 0.29) is 0 Å². The Bertz CT molecular complexity index is 653. The molecule has 1 fully saturated rings. The minimum atomic E-state index is 0.312. The molecule has 1 aromatic heterocycles. The summed E-state index contributed by atoms with van der Waals surface area (Å²) in [5.74, 6) is 0.423. The highest BCUT2D eigenvalue weighted by Gasteiger charge is 2.36. The first kappa shape index (κ1) is 12.2. The normalized spacial score (nSPS) is 22.9. The smallest absolute Gasteiger partial charge is 0.136 e. The summed E-state index contributed by atoms with van der Waals surface area (Å²) in [4.78, 5) is 14.4. The van der Waals surface area contributed by atoms with Crippen LogP contribution in [-0.4, -0.2) is 28.3 Å². The van der Waals surface area contributed by atoms with E-state index in [1.165, 1.54) is 22.2 Å². The standard InChI is InChI=1S/C17H20N2O/c1-2-19-15-6-4-3-5-13(15)14-8-10-18-9-7-12(20)11-16(18)17(14)19/h3-6,16H,2,7-11H2,1H3/t16-/m0/s1. The van der Waals surface area contributed by atoms with Gasteiger partial charge in [0.15, 0.2) is 0 Å².